The number of aromatic nitrogens is 4. The highest BCUT2D eigenvalue weighted by molar-refractivity contribution is 6.30. The lowest BCUT2D eigenvalue weighted by Crippen LogP contribution is -2.39. The summed E-state index contributed by atoms with van der Waals surface area (Å²) in [6.07, 6.45) is 3.17. The second kappa shape index (κ2) is 8.88. The first-order valence-corrected chi connectivity index (χ1v) is 10.9. The van der Waals surface area contributed by atoms with Gasteiger partial charge < -0.3 is 14.4 Å². The van der Waals surface area contributed by atoms with Crippen LogP contribution in [-0.2, 0) is 4.74 Å². The molecule has 4 aromatic rings. The Morgan fingerprint density at radius 3 is 2.85 bits per heavy atom. The molecule has 0 unspecified atom stereocenters. The van der Waals surface area contributed by atoms with Crippen LogP contribution in [0, 0.1) is 12.7 Å². The molecular formula is C24H21ClFN5O2. The third-order valence-corrected chi connectivity index (χ3v) is 5.79. The molecule has 5 rings (SSSR count). The number of aryl methyl sites for hydroxylation is 1. The van der Waals surface area contributed by atoms with Gasteiger partial charge in [-0.2, -0.15) is 0 Å². The molecule has 9 heteroatoms. The van der Waals surface area contributed by atoms with Gasteiger partial charge >= 0.3 is 0 Å². The summed E-state index contributed by atoms with van der Waals surface area (Å²) in [6, 6.07) is 10.2. The van der Waals surface area contributed by atoms with Gasteiger partial charge in [0, 0.05) is 48.2 Å². The quantitative estimate of drug-likeness (QED) is 0.429. The first kappa shape index (κ1) is 21.5. The topological polar surface area (TPSA) is 73.3 Å². The SMILES string of the molecule is COc1cc([C@H]2CN(c3cc4nc(C)cnc4c(-c4ccc(Cl)cc4F)n3)CCO2)ccn1. The average Bonchev–Trinajstić information content (AvgIpc) is 2.83. The molecule has 0 amide bonds. The number of fused-ring (bicyclic) bond motifs is 1. The van der Waals surface area contributed by atoms with Crippen LogP contribution >= 0.6 is 11.6 Å². The minimum absolute atomic E-state index is 0.188. The van der Waals surface area contributed by atoms with E-state index in [-0.39, 0.29) is 6.10 Å². The third kappa shape index (κ3) is 4.31. The van der Waals surface area contributed by atoms with Crippen molar-refractivity contribution in [1.82, 2.24) is 19.9 Å². The molecule has 1 atom stereocenters. The average molecular weight is 466 g/mol. The molecule has 1 aliphatic heterocycles. The summed E-state index contributed by atoms with van der Waals surface area (Å²) < 4.78 is 26.1. The van der Waals surface area contributed by atoms with E-state index in [1.165, 1.54) is 6.07 Å². The summed E-state index contributed by atoms with van der Waals surface area (Å²) >= 11 is 5.97. The van der Waals surface area contributed by atoms with Crippen molar-refractivity contribution in [2.45, 2.75) is 13.0 Å². The number of morpholine rings is 1. The van der Waals surface area contributed by atoms with Gasteiger partial charge in [0.05, 0.1) is 24.9 Å². The van der Waals surface area contributed by atoms with E-state index in [0.29, 0.717) is 58.7 Å². The number of halogens is 2. The number of hydrogen-bond donors (Lipinski definition) is 0. The molecule has 3 aromatic heterocycles. The standard InChI is InChI=1S/C24H21ClFN5O2/c1-14-12-28-24-19(29-14)11-21(30-23(24)17-4-3-16(25)10-18(17)26)31-7-8-33-20(13-31)15-5-6-27-22(9-15)32-2/h3-6,9-12,20H,7-8,13H2,1-2H3/t20-/m1/s1. The van der Waals surface area contributed by atoms with Gasteiger partial charge in [0.15, 0.2) is 0 Å². The zero-order valence-corrected chi connectivity index (χ0v) is 18.9. The van der Waals surface area contributed by atoms with Gasteiger partial charge in [0.25, 0.3) is 0 Å². The fourth-order valence-corrected chi connectivity index (χ4v) is 4.09. The van der Waals surface area contributed by atoms with E-state index in [9.17, 15) is 4.39 Å². The van der Waals surface area contributed by atoms with Gasteiger partial charge in [-0.3, -0.25) is 4.98 Å². The van der Waals surface area contributed by atoms with Gasteiger partial charge in [0.1, 0.15) is 28.9 Å². The Bertz CT molecular complexity index is 1340. The molecule has 0 N–H and O–H groups in total. The minimum atomic E-state index is -0.459. The number of anilines is 1. The predicted molar refractivity (Wildman–Crippen MR) is 124 cm³/mol. The molecule has 0 saturated carbocycles. The van der Waals surface area contributed by atoms with Crippen molar-refractivity contribution in [2.24, 2.45) is 0 Å². The van der Waals surface area contributed by atoms with Crippen molar-refractivity contribution in [1.29, 1.82) is 0 Å². The number of benzene rings is 1. The summed E-state index contributed by atoms with van der Waals surface area (Å²) in [5.74, 6) is 0.754. The Morgan fingerprint density at radius 2 is 2.03 bits per heavy atom. The van der Waals surface area contributed by atoms with Crippen LogP contribution in [0.3, 0.4) is 0 Å². The summed E-state index contributed by atoms with van der Waals surface area (Å²) in [7, 11) is 1.58. The monoisotopic (exact) mass is 465 g/mol. The van der Waals surface area contributed by atoms with Gasteiger partial charge in [0.2, 0.25) is 5.88 Å². The van der Waals surface area contributed by atoms with Crippen LogP contribution in [-0.4, -0.2) is 46.7 Å². The molecule has 168 valence electrons. The van der Waals surface area contributed by atoms with E-state index in [0.717, 1.165) is 11.3 Å². The predicted octanol–water partition coefficient (Wildman–Crippen LogP) is 4.77. The van der Waals surface area contributed by atoms with E-state index < -0.39 is 5.82 Å². The van der Waals surface area contributed by atoms with E-state index in [1.807, 2.05) is 25.1 Å². The van der Waals surface area contributed by atoms with Crippen molar-refractivity contribution in [3.05, 3.63) is 70.9 Å². The molecule has 0 radical (unpaired) electrons. The third-order valence-electron chi connectivity index (χ3n) is 5.55. The Kier molecular flexibility index (Phi) is 5.78. The van der Waals surface area contributed by atoms with Crippen LogP contribution in [0.4, 0.5) is 10.2 Å². The Balaban J connectivity index is 1.57. The molecule has 33 heavy (non-hydrogen) atoms. The van der Waals surface area contributed by atoms with Crippen molar-refractivity contribution in [3.63, 3.8) is 0 Å². The maximum absolute atomic E-state index is 14.8. The van der Waals surface area contributed by atoms with E-state index in [4.69, 9.17) is 26.1 Å². The summed E-state index contributed by atoms with van der Waals surface area (Å²) in [5, 5.41) is 0.322. The number of pyridine rings is 2. The second-order valence-electron chi connectivity index (χ2n) is 7.77. The lowest BCUT2D eigenvalue weighted by atomic mass is 10.1. The van der Waals surface area contributed by atoms with E-state index in [2.05, 4.69) is 19.9 Å². The summed E-state index contributed by atoms with van der Waals surface area (Å²) in [5.41, 5.74) is 3.68. The smallest absolute Gasteiger partial charge is 0.213 e. The minimum Gasteiger partial charge on any atom is -0.481 e. The summed E-state index contributed by atoms with van der Waals surface area (Å²) in [6.45, 7) is 3.59. The van der Waals surface area contributed by atoms with E-state index >= 15 is 0 Å². The normalized spacial score (nSPS) is 16.2. The van der Waals surface area contributed by atoms with Gasteiger partial charge in [-0.1, -0.05) is 11.6 Å². The van der Waals surface area contributed by atoms with Crippen LogP contribution < -0.4 is 9.64 Å². The van der Waals surface area contributed by atoms with Crippen molar-refractivity contribution < 1.29 is 13.9 Å². The second-order valence-corrected chi connectivity index (χ2v) is 8.21. The maximum Gasteiger partial charge on any atom is 0.213 e. The largest absolute Gasteiger partial charge is 0.481 e. The highest BCUT2D eigenvalue weighted by Gasteiger charge is 2.25. The van der Waals surface area contributed by atoms with Crippen LogP contribution in [0.1, 0.15) is 17.4 Å². The molecule has 7 nitrogen and oxygen atoms in total. The van der Waals surface area contributed by atoms with Crippen LogP contribution in [0.15, 0.2) is 48.8 Å². The van der Waals surface area contributed by atoms with E-state index in [1.54, 1.807) is 31.6 Å². The lowest BCUT2D eigenvalue weighted by molar-refractivity contribution is 0.0393. The number of nitrogens with zero attached hydrogens (tertiary/aromatic N) is 5. The number of methoxy groups -OCH3 is 1. The number of ether oxygens (including phenoxy) is 2. The molecule has 0 bridgehead atoms. The van der Waals surface area contributed by atoms with Crippen LogP contribution in [0.5, 0.6) is 5.88 Å². The molecule has 0 spiro atoms. The van der Waals surface area contributed by atoms with Crippen LogP contribution in [0.2, 0.25) is 5.02 Å². The van der Waals surface area contributed by atoms with Gasteiger partial charge in [-0.25, -0.2) is 19.3 Å². The van der Waals surface area contributed by atoms with Crippen molar-refractivity contribution >= 4 is 28.5 Å². The first-order valence-electron chi connectivity index (χ1n) is 10.5. The Morgan fingerprint density at radius 1 is 1.15 bits per heavy atom. The zero-order chi connectivity index (χ0) is 22.9. The molecule has 1 saturated heterocycles. The van der Waals surface area contributed by atoms with Crippen LogP contribution in [0.25, 0.3) is 22.3 Å². The number of rotatable bonds is 4. The van der Waals surface area contributed by atoms with Crippen molar-refractivity contribution in [3.8, 4) is 17.1 Å². The zero-order valence-electron chi connectivity index (χ0n) is 18.1. The maximum atomic E-state index is 14.8. The van der Waals surface area contributed by atoms with Gasteiger partial charge in [-0.05, 0) is 36.8 Å². The Hall–Kier alpha value is -3.36. The molecule has 1 fully saturated rings. The van der Waals surface area contributed by atoms with Gasteiger partial charge in [-0.15, -0.1) is 0 Å². The lowest BCUT2D eigenvalue weighted by Gasteiger charge is -2.34. The molecule has 1 aromatic carbocycles. The molecular weight excluding hydrogens is 445 g/mol. The molecule has 4 heterocycles. The first-order chi connectivity index (χ1) is 16.0. The molecule has 0 aliphatic carbocycles. The Labute approximate surface area is 195 Å². The fraction of sp³-hybridized carbons (Fsp3) is 0.250. The summed E-state index contributed by atoms with van der Waals surface area (Å²) in [4.78, 5) is 20.2. The highest BCUT2D eigenvalue weighted by atomic mass is 35.5. The fourth-order valence-electron chi connectivity index (χ4n) is 3.93. The highest BCUT2D eigenvalue weighted by Crippen LogP contribution is 2.33. The number of hydrogen-bond acceptors (Lipinski definition) is 7. The molecule has 1 aliphatic rings. The van der Waals surface area contributed by atoms with Crippen molar-refractivity contribution in [2.75, 3.05) is 31.7 Å².